The van der Waals surface area contributed by atoms with Gasteiger partial charge >= 0.3 is 6.18 Å². The number of rotatable bonds is 5. The van der Waals surface area contributed by atoms with Gasteiger partial charge in [0.05, 0.1) is 11.3 Å². The van der Waals surface area contributed by atoms with E-state index in [0.29, 0.717) is 53.1 Å². The van der Waals surface area contributed by atoms with Gasteiger partial charge in [0.1, 0.15) is 11.6 Å². The van der Waals surface area contributed by atoms with Crippen LogP contribution in [0.5, 0.6) is 0 Å². The molecule has 1 atom stereocenters. The molecule has 0 saturated carbocycles. The van der Waals surface area contributed by atoms with Gasteiger partial charge in [0.15, 0.2) is 5.58 Å². The van der Waals surface area contributed by atoms with E-state index in [1.807, 2.05) is 6.07 Å². The highest BCUT2D eigenvalue weighted by atomic mass is 32.2. The lowest BCUT2D eigenvalue weighted by Crippen LogP contribution is -2.31. The minimum absolute atomic E-state index is 0.0946. The molecule has 1 aliphatic rings. The van der Waals surface area contributed by atoms with Crippen LogP contribution in [0, 0.1) is 0 Å². The monoisotopic (exact) mass is 486 g/mol. The van der Waals surface area contributed by atoms with E-state index in [1.165, 1.54) is 16.4 Å². The first-order chi connectivity index (χ1) is 16.2. The molecule has 2 heterocycles. The van der Waals surface area contributed by atoms with E-state index in [-0.39, 0.29) is 5.75 Å². The number of hydrogen-bond acceptors (Lipinski definition) is 4. The molecular weight excluding hydrogens is 465 g/mol. The molecule has 5 rings (SSSR count). The summed E-state index contributed by atoms with van der Waals surface area (Å²) in [6.45, 7) is 0.398. The number of benzene rings is 3. The number of hydrogen-bond donors (Lipinski definition) is 0. The summed E-state index contributed by atoms with van der Waals surface area (Å²) in [7, 11) is -3.57. The van der Waals surface area contributed by atoms with Crippen molar-refractivity contribution < 1.29 is 26.0 Å². The fourth-order valence-electron chi connectivity index (χ4n) is 4.31. The molecule has 1 aromatic heterocycles. The van der Waals surface area contributed by atoms with Gasteiger partial charge in [0.25, 0.3) is 0 Å². The zero-order chi connectivity index (χ0) is 23.9. The van der Waals surface area contributed by atoms with Gasteiger partial charge in [0, 0.05) is 6.54 Å². The summed E-state index contributed by atoms with van der Waals surface area (Å²) in [5, 5.41) is 0. The molecule has 34 heavy (non-hydrogen) atoms. The van der Waals surface area contributed by atoms with Crippen molar-refractivity contribution in [1.29, 1.82) is 0 Å². The number of nitrogens with zero attached hydrogens (tertiary/aromatic N) is 2. The van der Waals surface area contributed by atoms with Gasteiger partial charge in [-0.25, -0.2) is 13.4 Å². The predicted molar refractivity (Wildman–Crippen MR) is 122 cm³/mol. The second-order valence-electron chi connectivity index (χ2n) is 8.32. The molecule has 0 radical (unpaired) electrons. The number of halogens is 3. The number of sulfonamides is 1. The molecule has 4 aromatic rings. The Morgan fingerprint density at radius 3 is 2.38 bits per heavy atom. The average molecular weight is 487 g/mol. The van der Waals surface area contributed by atoms with Crippen LogP contribution in [0.15, 0.2) is 77.2 Å². The van der Waals surface area contributed by atoms with Crippen molar-refractivity contribution in [1.82, 2.24) is 9.29 Å². The number of fused-ring (bicyclic) bond motifs is 1. The second-order valence-corrected chi connectivity index (χ2v) is 10.2. The van der Waals surface area contributed by atoms with E-state index >= 15 is 0 Å². The molecule has 0 amide bonds. The van der Waals surface area contributed by atoms with E-state index in [1.54, 1.807) is 42.5 Å². The van der Waals surface area contributed by atoms with E-state index in [0.717, 1.165) is 12.1 Å². The van der Waals surface area contributed by atoms with Gasteiger partial charge in [-0.2, -0.15) is 17.5 Å². The molecule has 0 aliphatic carbocycles. The van der Waals surface area contributed by atoms with E-state index in [4.69, 9.17) is 4.42 Å². The van der Waals surface area contributed by atoms with Crippen molar-refractivity contribution in [2.24, 2.45) is 0 Å². The summed E-state index contributed by atoms with van der Waals surface area (Å²) in [5.41, 5.74) is 2.34. The van der Waals surface area contributed by atoms with Crippen molar-refractivity contribution in [3.63, 3.8) is 0 Å². The Morgan fingerprint density at radius 1 is 0.971 bits per heavy atom. The SMILES string of the molecule is O=S(=O)(Cc1ccccc1)N1CCCC1c1nc2cc(-c3ccc(C(F)(F)F)cc3)ccc2o1. The molecule has 1 aliphatic heterocycles. The van der Waals surface area contributed by atoms with Crippen LogP contribution in [0.2, 0.25) is 0 Å². The largest absolute Gasteiger partial charge is 0.439 e. The van der Waals surface area contributed by atoms with Crippen LogP contribution in [-0.2, 0) is 22.0 Å². The van der Waals surface area contributed by atoms with Gasteiger partial charge in [-0.3, -0.25) is 0 Å². The molecule has 1 unspecified atom stereocenters. The highest BCUT2D eigenvalue weighted by molar-refractivity contribution is 7.88. The number of aromatic nitrogens is 1. The maximum atomic E-state index is 13.1. The lowest BCUT2D eigenvalue weighted by atomic mass is 10.0. The predicted octanol–water partition coefficient (Wildman–Crippen LogP) is 6.18. The first kappa shape index (κ1) is 22.6. The Bertz CT molecular complexity index is 1420. The van der Waals surface area contributed by atoms with Crippen molar-refractivity contribution in [2.75, 3.05) is 6.54 Å². The van der Waals surface area contributed by atoms with E-state index in [2.05, 4.69) is 4.98 Å². The molecule has 0 spiro atoms. The van der Waals surface area contributed by atoms with Crippen LogP contribution in [0.4, 0.5) is 13.2 Å². The van der Waals surface area contributed by atoms with Gasteiger partial charge in [-0.05, 0) is 53.8 Å². The highest BCUT2D eigenvalue weighted by Gasteiger charge is 2.38. The standard InChI is InChI=1S/C25H21F3N2O3S/c26-25(27,28)20-11-8-18(9-12-20)19-10-13-23-21(15-19)29-24(33-23)22-7-4-14-30(22)34(31,32)16-17-5-2-1-3-6-17/h1-3,5-6,8-13,15,22H,4,7,14,16H2. The van der Waals surface area contributed by atoms with Crippen LogP contribution in [0.25, 0.3) is 22.2 Å². The van der Waals surface area contributed by atoms with Crippen molar-refractivity contribution in [3.8, 4) is 11.1 Å². The molecule has 3 aromatic carbocycles. The Hall–Kier alpha value is -3.17. The van der Waals surface area contributed by atoms with Crippen LogP contribution >= 0.6 is 0 Å². The summed E-state index contributed by atoms with van der Waals surface area (Å²) in [6, 6.07) is 18.6. The maximum absolute atomic E-state index is 13.1. The summed E-state index contributed by atoms with van der Waals surface area (Å²) >= 11 is 0. The first-order valence-electron chi connectivity index (χ1n) is 10.8. The Morgan fingerprint density at radius 2 is 1.68 bits per heavy atom. The Balaban J connectivity index is 1.42. The third-order valence-corrected chi connectivity index (χ3v) is 7.84. The second kappa shape index (κ2) is 8.56. The molecule has 1 saturated heterocycles. The summed E-state index contributed by atoms with van der Waals surface area (Å²) in [6.07, 6.45) is -3.08. The maximum Gasteiger partial charge on any atom is 0.416 e. The number of alkyl halides is 3. The van der Waals surface area contributed by atoms with Gasteiger partial charge in [-0.15, -0.1) is 0 Å². The Labute approximate surface area is 194 Å². The van der Waals surface area contributed by atoms with Crippen molar-refractivity contribution >= 4 is 21.1 Å². The third-order valence-electron chi connectivity index (χ3n) is 5.99. The van der Waals surface area contributed by atoms with Gasteiger partial charge in [-0.1, -0.05) is 48.5 Å². The van der Waals surface area contributed by atoms with E-state index in [9.17, 15) is 21.6 Å². The average Bonchev–Trinajstić information content (AvgIpc) is 3.46. The van der Waals surface area contributed by atoms with E-state index < -0.39 is 27.8 Å². The topological polar surface area (TPSA) is 63.4 Å². The molecule has 0 N–H and O–H groups in total. The quantitative estimate of drug-likeness (QED) is 0.338. The molecule has 176 valence electrons. The lowest BCUT2D eigenvalue weighted by Gasteiger charge is -2.21. The van der Waals surface area contributed by atoms with Crippen LogP contribution in [0.3, 0.4) is 0 Å². The fourth-order valence-corrected chi connectivity index (χ4v) is 6.08. The van der Waals surface area contributed by atoms with Crippen LogP contribution in [-0.4, -0.2) is 24.3 Å². The summed E-state index contributed by atoms with van der Waals surface area (Å²) in [5.74, 6) is 0.233. The minimum Gasteiger partial charge on any atom is -0.439 e. The summed E-state index contributed by atoms with van der Waals surface area (Å²) < 4.78 is 72.2. The molecule has 1 fully saturated rings. The molecular formula is C25H21F3N2O3S. The zero-order valence-electron chi connectivity index (χ0n) is 18.0. The van der Waals surface area contributed by atoms with Crippen LogP contribution < -0.4 is 0 Å². The lowest BCUT2D eigenvalue weighted by molar-refractivity contribution is -0.137. The Kier molecular flexibility index (Phi) is 5.69. The van der Waals surface area contributed by atoms with Gasteiger partial charge in [0.2, 0.25) is 15.9 Å². The van der Waals surface area contributed by atoms with Crippen molar-refractivity contribution in [3.05, 3.63) is 89.8 Å². The summed E-state index contributed by atoms with van der Waals surface area (Å²) in [4.78, 5) is 4.56. The highest BCUT2D eigenvalue weighted by Crippen LogP contribution is 2.37. The number of oxazole rings is 1. The molecule has 9 heteroatoms. The van der Waals surface area contributed by atoms with Gasteiger partial charge < -0.3 is 4.42 Å². The fraction of sp³-hybridized carbons (Fsp3) is 0.240. The first-order valence-corrected chi connectivity index (χ1v) is 12.4. The molecule has 0 bridgehead atoms. The zero-order valence-corrected chi connectivity index (χ0v) is 18.8. The smallest absolute Gasteiger partial charge is 0.416 e. The third kappa shape index (κ3) is 4.45. The minimum atomic E-state index is -4.39. The van der Waals surface area contributed by atoms with Crippen molar-refractivity contribution in [2.45, 2.75) is 30.8 Å². The van der Waals surface area contributed by atoms with Crippen LogP contribution in [0.1, 0.15) is 35.9 Å². The normalized spacial score (nSPS) is 17.4. The molecule has 5 nitrogen and oxygen atoms in total.